The first-order valence-corrected chi connectivity index (χ1v) is 10.1. The number of ether oxygens (including phenoxy) is 2. The van der Waals surface area contributed by atoms with E-state index in [0.29, 0.717) is 24.2 Å². The van der Waals surface area contributed by atoms with Crippen LogP contribution in [0.3, 0.4) is 0 Å². The molecule has 2 N–H and O–H groups in total. The molecule has 0 unspecified atom stereocenters. The Hall–Kier alpha value is -1.85. The van der Waals surface area contributed by atoms with E-state index in [2.05, 4.69) is 13.0 Å². The van der Waals surface area contributed by atoms with E-state index in [0.717, 1.165) is 18.4 Å². The van der Waals surface area contributed by atoms with Crippen molar-refractivity contribution >= 4 is 5.97 Å². The van der Waals surface area contributed by atoms with Crippen LogP contribution in [0.1, 0.15) is 56.8 Å². The molecule has 154 valence electrons. The summed E-state index contributed by atoms with van der Waals surface area (Å²) in [5, 5.41) is 21.3. The number of esters is 1. The highest BCUT2D eigenvalue weighted by Gasteiger charge is 2.59. The van der Waals surface area contributed by atoms with Crippen LogP contribution in [0.15, 0.2) is 35.9 Å². The summed E-state index contributed by atoms with van der Waals surface area (Å²) in [6.07, 6.45) is 4.39. The molecule has 5 heteroatoms. The van der Waals surface area contributed by atoms with E-state index in [1.165, 1.54) is 0 Å². The normalized spacial score (nSPS) is 32.5. The van der Waals surface area contributed by atoms with Gasteiger partial charge < -0.3 is 19.7 Å². The topological polar surface area (TPSA) is 76.0 Å². The van der Waals surface area contributed by atoms with Crippen molar-refractivity contribution in [3.63, 3.8) is 0 Å². The molecule has 0 bridgehead atoms. The van der Waals surface area contributed by atoms with Crippen molar-refractivity contribution in [3.8, 4) is 5.75 Å². The van der Waals surface area contributed by atoms with Gasteiger partial charge in [-0.25, -0.2) is 4.79 Å². The first-order chi connectivity index (χ1) is 13.2. The third-order valence-electron chi connectivity index (χ3n) is 6.87. The van der Waals surface area contributed by atoms with Crippen LogP contribution in [0.5, 0.6) is 5.75 Å². The van der Waals surface area contributed by atoms with E-state index in [-0.39, 0.29) is 23.9 Å². The van der Waals surface area contributed by atoms with Gasteiger partial charge in [0, 0.05) is 12.3 Å². The maximum Gasteiger partial charge on any atom is 0.338 e. The zero-order chi connectivity index (χ0) is 20.5. The fourth-order valence-corrected chi connectivity index (χ4v) is 5.06. The number of fused-ring (bicyclic) bond motifs is 1. The minimum atomic E-state index is -0.891. The monoisotopic (exact) mass is 388 g/mol. The van der Waals surface area contributed by atoms with Crippen LogP contribution >= 0.6 is 0 Å². The summed E-state index contributed by atoms with van der Waals surface area (Å²) in [5.74, 6) is 0.140. The van der Waals surface area contributed by atoms with Crippen molar-refractivity contribution in [2.75, 3.05) is 13.7 Å². The Kier molecular flexibility index (Phi) is 5.87. The Morgan fingerprint density at radius 1 is 1.25 bits per heavy atom. The Morgan fingerprint density at radius 2 is 1.93 bits per heavy atom. The number of aliphatic hydroxyl groups is 2. The Balaban J connectivity index is 1.92. The van der Waals surface area contributed by atoms with Crippen LogP contribution < -0.4 is 4.74 Å². The lowest BCUT2D eigenvalue weighted by molar-refractivity contribution is -0.112. The van der Waals surface area contributed by atoms with Crippen molar-refractivity contribution in [1.29, 1.82) is 0 Å². The lowest BCUT2D eigenvalue weighted by Crippen LogP contribution is -2.50. The Morgan fingerprint density at radius 3 is 2.50 bits per heavy atom. The fraction of sp³-hybridized carbons (Fsp3) is 0.609. The molecule has 2 aliphatic carbocycles. The van der Waals surface area contributed by atoms with Crippen molar-refractivity contribution < 1.29 is 24.5 Å². The average Bonchev–Trinajstić information content (AvgIpc) is 2.87. The van der Waals surface area contributed by atoms with E-state index in [1.54, 1.807) is 31.4 Å². The van der Waals surface area contributed by atoms with Gasteiger partial charge in [-0.1, -0.05) is 26.8 Å². The van der Waals surface area contributed by atoms with Crippen molar-refractivity contribution in [1.82, 2.24) is 0 Å². The highest BCUT2D eigenvalue weighted by molar-refractivity contribution is 5.89. The van der Waals surface area contributed by atoms with Crippen LogP contribution in [0.2, 0.25) is 0 Å². The van der Waals surface area contributed by atoms with Gasteiger partial charge in [-0.3, -0.25) is 0 Å². The molecule has 0 aliphatic heterocycles. The molecule has 0 radical (unpaired) electrons. The first kappa shape index (κ1) is 20.9. The number of rotatable bonds is 5. The minimum absolute atomic E-state index is 0.0530. The summed E-state index contributed by atoms with van der Waals surface area (Å²) >= 11 is 0. The second-order valence-corrected chi connectivity index (χ2v) is 8.88. The molecule has 0 amide bonds. The summed E-state index contributed by atoms with van der Waals surface area (Å²) in [6, 6.07) is 6.83. The van der Waals surface area contributed by atoms with Crippen LogP contribution in [-0.2, 0) is 4.74 Å². The molecule has 1 fully saturated rings. The minimum Gasteiger partial charge on any atom is -0.497 e. The SMILES string of the molecule is COc1ccc(C(=O)O[C@H]2CC(CO)=CC[C@@]3(C)CC[C@@](O)(C(C)C)[C@H]23)cc1. The summed E-state index contributed by atoms with van der Waals surface area (Å²) in [4.78, 5) is 12.9. The van der Waals surface area contributed by atoms with E-state index < -0.39 is 17.7 Å². The molecule has 1 aromatic carbocycles. The van der Waals surface area contributed by atoms with Crippen molar-refractivity contribution in [2.24, 2.45) is 17.3 Å². The molecule has 0 saturated heterocycles. The molecule has 0 spiro atoms. The van der Waals surface area contributed by atoms with Crippen molar-refractivity contribution in [3.05, 3.63) is 41.5 Å². The van der Waals surface area contributed by atoms with E-state index in [4.69, 9.17) is 9.47 Å². The van der Waals surface area contributed by atoms with Crippen LogP contribution in [0.25, 0.3) is 0 Å². The molecular weight excluding hydrogens is 356 g/mol. The predicted molar refractivity (Wildman–Crippen MR) is 107 cm³/mol. The number of allylic oxidation sites excluding steroid dienone is 1. The lowest BCUT2D eigenvalue weighted by Gasteiger charge is -2.43. The highest BCUT2D eigenvalue weighted by Crippen LogP contribution is 2.58. The molecule has 4 atom stereocenters. The number of carbonyl (C=O) groups is 1. The summed E-state index contributed by atoms with van der Waals surface area (Å²) in [6.45, 7) is 6.17. The number of aliphatic hydroxyl groups excluding tert-OH is 1. The third kappa shape index (κ3) is 3.70. The van der Waals surface area contributed by atoms with Crippen LogP contribution in [0.4, 0.5) is 0 Å². The zero-order valence-corrected chi connectivity index (χ0v) is 17.3. The third-order valence-corrected chi connectivity index (χ3v) is 6.87. The van der Waals surface area contributed by atoms with Gasteiger partial charge in [0.05, 0.1) is 24.9 Å². The number of hydrogen-bond donors (Lipinski definition) is 2. The zero-order valence-electron chi connectivity index (χ0n) is 17.3. The van der Waals surface area contributed by atoms with Gasteiger partial charge in [0.15, 0.2) is 0 Å². The molecule has 3 rings (SSSR count). The average molecular weight is 389 g/mol. The Bertz CT molecular complexity index is 738. The smallest absolute Gasteiger partial charge is 0.338 e. The molecular formula is C23H32O5. The van der Waals surface area contributed by atoms with E-state index in [1.807, 2.05) is 13.8 Å². The largest absolute Gasteiger partial charge is 0.497 e. The van der Waals surface area contributed by atoms with E-state index in [9.17, 15) is 15.0 Å². The van der Waals surface area contributed by atoms with Gasteiger partial charge in [0.1, 0.15) is 11.9 Å². The number of carbonyl (C=O) groups excluding carboxylic acids is 1. The lowest BCUT2D eigenvalue weighted by atomic mass is 9.67. The molecule has 2 aliphatic rings. The summed E-state index contributed by atoms with van der Waals surface area (Å²) < 4.78 is 11.1. The second kappa shape index (κ2) is 7.88. The van der Waals surface area contributed by atoms with Crippen LogP contribution in [-0.4, -0.2) is 41.6 Å². The maximum absolute atomic E-state index is 12.9. The molecule has 0 heterocycles. The van der Waals surface area contributed by atoms with Gasteiger partial charge in [-0.05, 0) is 60.4 Å². The fourth-order valence-electron chi connectivity index (χ4n) is 5.06. The maximum atomic E-state index is 12.9. The first-order valence-electron chi connectivity index (χ1n) is 10.1. The van der Waals surface area contributed by atoms with Gasteiger partial charge in [0.25, 0.3) is 0 Å². The number of hydrogen-bond acceptors (Lipinski definition) is 5. The number of benzene rings is 1. The Labute approximate surface area is 167 Å². The second-order valence-electron chi connectivity index (χ2n) is 8.88. The van der Waals surface area contributed by atoms with Gasteiger partial charge in [-0.15, -0.1) is 0 Å². The van der Waals surface area contributed by atoms with E-state index >= 15 is 0 Å². The predicted octanol–water partition coefficient (Wildman–Crippen LogP) is 3.74. The molecule has 0 aromatic heterocycles. The van der Waals surface area contributed by atoms with Gasteiger partial charge >= 0.3 is 5.97 Å². The standard InChI is InChI=1S/C23H32O5/c1-15(2)23(26)12-11-22(3)10-9-16(14-24)13-19(20(22)23)28-21(25)17-5-7-18(27-4)8-6-17/h5-9,15,19-20,24,26H,10-14H2,1-4H3/t19-,20+,22-,23+/m0/s1. The quantitative estimate of drug-likeness (QED) is 0.594. The van der Waals surface area contributed by atoms with Crippen molar-refractivity contribution in [2.45, 2.75) is 58.2 Å². The number of methoxy groups -OCH3 is 1. The molecule has 1 saturated carbocycles. The summed E-state index contributed by atoms with van der Waals surface area (Å²) in [5.41, 5.74) is 0.265. The molecule has 5 nitrogen and oxygen atoms in total. The van der Waals surface area contributed by atoms with Gasteiger partial charge in [-0.2, -0.15) is 0 Å². The summed E-state index contributed by atoms with van der Waals surface area (Å²) in [7, 11) is 1.58. The van der Waals surface area contributed by atoms with Gasteiger partial charge in [0.2, 0.25) is 0 Å². The molecule has 1 aromatic rings. The molecule has 28 heavy (non-hydrogen) atoms. The van der Waals surface area contributed by atoms with Crippen LogP contribution in [0, 0.1) is 17.3 Å². The highest BCUT2D eigenvalue weighted by atomic mass is 16.5.